The molecular weight excluding hydrogens is 336 g/mol. The molecule has 0 spiro atoms. The topological polar surface area (TPSA) is 84.0 Å². The van der Waals surface area contributed by atoms with E-state index < -0.39 is 6.04 Å². The van der Waals surface area contributed by atoms with E-state index >= 15 is 0 Å². The van der Waals surface area contributed by atoms with E-state index in [0.717, 1.165) is 5.56 Å². The molecule has 0 aliphatic heterocycles. The largest absolute Gasteiger partial charge is 0.340 e. The Bertz CT molecular complexity index is 823. The monoisotopic (exact) mass is 352 g/mol. The molecule has 2 heterocycles. The zero-order valence-electron chi connectivity index (χ0n) is 13.3. The van der Waals surface area contributed by atoms with Gasteiger partial charge in [0.1, 0.15) is 6.04 Å². The summed E-state index contributed by atoms with van der Waals surface area (Å²) in [5.41, 5.74) is 1.36. The van der Waals surface area contributed by atoms with Gasteiger partial charge < -0.3 is 10.6 Å². The molecule has 0 unspecified atom stereocenters. The average molecular weight is 352 g/mol. The fourth-order valence-electron chi connectivity index (χ4n) is 2.28. The Morgan fingerprint density at radius 3 is 2.60 bits per heavy atom. The van der Waals surface area contributed by atoms with E-state index in [2.05, 4.69) is 20.6 Å². The van der Waals surface area contributed by atoms with Crippen molar-refractivity contribution in [2.75, 3.05) is 5.32 Å². The maximum absolute atomic E-state index is 12.6. The third kappa shape index (κ3) is 4.71. The van der Waals surface area contributed by atoms with Crippen LogP contribution in [0, 0.1) is 0 Å². The molecule has 2 aromatic heterocycles. The van der Waals surface area contributed by atoms with Crippen LogP contribution in [0.25, 0.3) is 0 Å². The first-order valence-corrected chi connectivity index (χ1v) is 8.55. The van der Waals surface area contributed by atoms with Gasteiger partial charge in [0.25, 0.3) is 5.91 Å². The molecule has 0 radical (unpaired) electrons. The molecule has 3 aromatic rings. The number of pyridine rings is 1. The molecule has 1 aromatic carbocycles. The van der Waals surface area contributed by atoms with Crippen LogP contribution in [0.4, 0.5) is 5.13 Å². The predicted molar refractivity (Wildman–Crippen MR) is 96.4 cm³/mol. The van der Waals surface area contributed by atoms with E-state index in [1.807, 2.05) is 30.3 Å². The van der Waals surface area contributed by atoms with Crippen molar-refractivity contribution in [1.82, 2.24) is 15.3 Å². The van der Waals surface area contributed by atoms with Gasteiger partial charge in [0, 0.05) is 30.4 Å². The van der Waals surface area contributed by atoms with Gasteiger partial charge in [-0.1, -0.05) is 30.3 Å². The number of carbonyl (C=O) groups excluding carboxylic acids is 2. The summed E-state index contributed by atoms with van der Waals surface area (Å²) in [6, 6.07) is 12.1. The van der Waals surface area contributed by atoms with Gasteiger partial charge in [0.15, 0.2) is 5.13 Å². The molecule has 6 nitrogen and oxygen atoms in total. The van der Waals surface area contributed by atoms with Gasteiger partial charge in [0.05, 0.1) is 5.56 Å². The molecule has 1 atom stereocenters. The fourth-order valence-corrected chi connectivity index (χ4v) is 2.81. The summed E-state index contributed by atoms with van der Waals surface area (Å²) < 4.78 is 0. The van der Waals surface area contributed by atoms with Gasteiger partial charge in [-0.3, -0.25) is 14.6 Å². The molecule has 0 aliphatic carbocycles. The number of hydrogen-bond acceptors (Lipinski definition) is 5. The van der Waals surface area contributed by atoms with Crippen LogP contribution in [0.2, 0.25) is 0 Å². The van der Waals surface area contributed by atoms with E-state index in [-0.39, 0.29) is 11.8 Å². The second-order valence-electron chi connectivity index (χ2n) is 5.28. The van der Waals surface area contributed by atoms with E-state index in [0.29, 0.717) is 17.1 Å². The number of nitrogens with one attached hydrogen (secondary N) is 2. The molecule has 7 heteroatoms. The van der Waals surface area contributed by atoms with Gasteiger partial charge in [-0.25, -0.2) is 4.98 Å². The number of anilines is 1. The Labute approximate surface area is 149 Å². The Morgan fingerprint density at radius 2 is 1.92 bits per heavy atom. The maximum atomic E-state index is 12.6. The van der Waals surface area contributed by atoms with Crippen molar-refractivity contribution in [3.63, 3.8) is 0 Å². The lowest BCUT2D eigenvalue weighted by Gasteiger charge is -2.18. The highest BCUT2D eigenvalue weighted by molar-refractivity contribution is 7.13. The van der Waals surface area contributed by atoms with Crippen LogP contribution in [0.15, 0.2) is 66.4 Å². The first kappa shape index (κ1) is 16.8. The van der Waals surface area contributed by atoms with Crippen LogP contribution in [0.3, 0.4) is 0 Å². The number of aromatic nitrogens is 2. The number of thiazole rings is 1. The summed E-state index contributed by atoms with van der Waals surface area (Å²) >= 11 is 1.32. The molecule has 0 saturated heterocycles. The zero-order valence-corrected chi connectivity index (χ0v) is 14.1. The molecule has 2 N–H and O–H groups in total. The van der Waals surface area contributed by atoms with Gasteiger partial charge in [0.2, 0.25) is 5.91 Å². The van der Waals surface area contributed by atoms with Crippen molar-refractivity contribution in [2.45, 2.75) is 12.5 Å². The second-order valence-corrected chi connectivity index (χ2v) is 6.18. The lowest BCUT2D eigenvalue weighted by Crippen LogP contribution is -2.45. The van der Waals surface area contributed by atoms with Crippen molar-refractivity contribution >= 4 is 28.3 Å². The number of carbonyl (C=O) groups is 2. The molecule has 3 rings (SSSR count). The molecule has 0 fully saturated rings. The molecule has 0 aliphatic rings. The highest BCUT2D eigenvalue weighted by Crippen LogP contribution is 2.12. The summed E-state index contributed by atoms with van der Waals surface area (Å²) in [4.78, 5) is 33.0. The van der Waals surface area contributed by atoms with Gasteiger partial charge in [-0.05, 0) is 17.7 Å². The number of rotatable bonds is 6. The number of benzene rings is 1. The molecule has 2 amide bonds. The normalized spacial score (nSPS) is 11.5. The number of nitrogens with zero attached hydrogens (tertiary/aromatic N) is 2. The number of amides is 2. The lowest BCUT2D eigenvalue weighted by atomic mass is 10.0. The standard InChI is InChI=1S/C18H16N4O2S/c23-16(14-7-4-8-19-12-14)21-15(11-13-5-2-1-3-6-13)17(24)22-18-20-9-10-25-18/h1-10,12,15H,11H2,(H,21,23)(H,20,22,24)/t15-/m0/s1. The quantitative estimate of drug-likeness (QED) is 0.714. The number of hydrogen-bond donors (Lipinski definition) is 2. The summed E-state index contributed by atoms with van der Waals surface area (Å²) in [5.74, 6) is -0.653. The average Bonchev–Trinajstić information content (AvgIpc) is 3.15. The van der Waals surface area contributed by atoms with E-state index in [4.69, 9.17) is 0 Å². The summed E-state index contributed by atoms with van der Waals surface area (Å²) in [5, 5.41) is 7.79. The van der Waals surface area contributed by atoms with Crippen LogP contribution < -0.4 is 10.6 Å². The van der Waals surface area contributed by atoms with Crippen LogP contribution in [0.5, 0.6) is 0 Å². The smallest absolute Gasteiger partial charge is 0.253 e. The molecular formula is C18H16N4O2S. The Morgan fingerprint density at radius 1 is 1.08 bits per heavy atom. The fraction of sp³-hybridized carbons (Fsp3) is 0.111. The van der Waals surface area contributed by atoms with E-state index in [9.17, 15) is 9.59 Å². The first-order valence-electron chi connectivity index (χ1n) is 7.67. The zero-order chi connectivity index (χ0) is 17.5. The van der Waals surface area contributed by atoms with Gasteiger partial charge in [-0.15, -0.1) is 11.3 Å². The van der Waals surface area contributed by atoms with Crippen molar-refractivity contribution in [3.8, 4) is 0 Å². The van der Waals surface area contributed by atoms with Gasteiger partial charge >= 0.3 is 0 Å². The van der Waals surface area contributed by atoms with Gasteiger partial charge in [-0.2, -0.15) is 0 Å². The summed E-state index contributed by atoms with van der Waals surface area (Å²) in [7, 11) is 0. The van der Waals surface area contributed by atoms with E-state index in [1.54, 1.807) is 29.9 Å². The summed E-state index contributed by atoms with van der Waals surface area (Å²) in [6.07, 6.45) is 5.05. The minimum absolute atomic E-state index is 0.309. The van der Waals surface area contributed by atoms with Crippen LogP contribution in [-0.2, 0) is 11.2 Å². The minimum Gasteiger partial charge on any atom is -0.340 e. The molecule has 25 heavy (non-hydrogen) atoms. The van der Waals surface area contributed by atoms with Crippen molar-refractivity contribution in [2.24, 2.45) is 0 Å². The summed E-state index contributed by atoms with van der Waals surface area (Å²) in [6.45, 7) is 0. The Kier molecular flexibility index (Phi) is 5.48. The second kappa shape index (κ2) is 8.16. The van der Waals surface area contributed by atoms with Crippen molar-refractivity contribution in [3.05, 3.63) is 77.6 Å². The van der Waals surface area contributed by atoms with Crippen LogP contribution >= 0.6 is 11.3 Å². The SMILES string of the molecule is O=C(N[C@@H](Cc1ccccc1)C(=O)Nc1nccs1)c1cccnc1. The predicted octanol–water partition coefficient (Wildman–Crippen LogP) is 2.52. The molecule has 0 saturated carbocycles. The maximum Gasteiger partial charge on any atom is 0.253 e. The highest BCUT2D eigenvalue weighted by Gasteiger charge is 2.22. The first-order chi connectivity index (χ1) is 12.2. The van der Waals surface area contributed by atoms with E-state index in [1.165, 1.54) is 17.5 Å². The van der Waals surface area contributed by atoms with Crippen molar-refractivity contribution < 1.29 is 9.59 Å². The molecule has 126 valence electrons. The lowest BCUT2D eigenvalue weighted by molar-refractivity contribution is -0.118. The Hall–Kier alpha value is -3.06. The van der Waals surface area contributed by atoms with Crippen LogP contribution in [0.1, 0.15) is 15.9 Å². The molecule has 0 bridgehead atoms. The highest BCUT2D eigenvalue weighted by atomic mass is 32.1. The Balaban J connectivity index is 1.76. The third-order valence-corrected chi connectivity index (χ3v) is 4.18. The van der Waals surface area contributed by atoms with Crippen LogP contribution in [-0.4, -0.2) is 27.8 Å². The van der Waals surface area contributed by atoms with Crippen molar-refractivity contribution in [1.29, 1.82) is 0 Å². The minimum atomic E-state index is -0.723. The third-order valence-electron chi connectivity index (χ3n) is 3.49.